The zero-order chi connectivity index (χ0) is 19.4. The Bertz CT molecular complexity index is 818. The van der Waals surface area contributed by atoms with Gasteiger partial charge in [-0.15, -0.1) is 0 Å². The molecular weight excluding hydrogens is 363 g/mol. The van der Waals surface area contributed by atoms with Crippen molar-refractivity contribution >= 4 is 23.8 Å². The van der Waals surface area contributed by atoms with E-state index in [0.717, 1.165) is 18.5 Å². The lowest BCUT2D eigenvalue weighted by molar-refractivity contribution is -0.137. The molecule has 142 valence electrons. The van der Waals surface area contributed by atoms with Crippen molar-refractivity contribution in [3.63, 3.8) is 0 Å². The molecule has 2 amide bonds. The van der Waals surface area contributed by atoms with Crippen LogP contribution in [0, 0.1) is 0 Å². The summed E-state index contributed by atoms with van der Waals surface area (Å²) >= 11 is 0. The summed E-state index contributed by atoms with van der Waals surface area (Å²) in [5.41, 5.74) is -0.436. The molecule has 1 aromatic heterocycles. The van der Waals surface area contributed by atoms with E-state index in [9.17, 15) is 22.8 Å². The normalized spacial score (nSPS) is 14.8. The molecule has 1 aliphatic heterocycles. The summed E-state index contributed by atoms with van der Waals surface area (Å²) < 4.78 is 38.3. The number of nitrogens with one attached hydrogen (secondary N) is 1. The molecule has 0 saturated carbocycles. The number of amides is 2. The number of hydrogen-bond acceptors (Lipinski definition) is 5. The molecular formula is C17H16F3N5O2. The van der Waals surface area contributed by atoms with Crippen molar-refractivity contribution in [1.29, 1.82) is 0 Å². The number of alkyl halides is 3. The van der Waals surface area contributed by atoms with Crippen molar-refractivity contribution < 1.29 is 22.8 Å². The third-order valence-corrected chi connectivity index (χ3v) is 4.08. The topological polar surface area (TPSA) is 78.4 Å². The smallest absolute Gasteiger partial charge is 0.342 e. The van der Waals surface area contributed by atoms with E-state index in [1.807, 2.05) is 0 Å². The molecule has 0 aliphatic carbocycles. The SMILES string of the molecule is O=CN1CCN(C(=O)c2cnc(Nc3cccc(C(F)(F)F)c3)cn2)CC1. The molecule has 1 fully saturated rings. The molecule has 1 aliphatic rings. The highest BCUT2D eigenvalue weighted by molar-refractivity contribution is 5.92. The average molecular weight is 379 g/mol. The van der Waals surface area contributed by atoms with E-state index in [1.54, 1.807) is 9.80 Å². The van der Waals surface area contributed by atoms with Crippen LogP contribution in [0.3, 0.4) is 0 Å². The molecule has 0 radical (unpaired) electrons. The fourth-order valence-corrected chi connectivity index (χ4v) is 2.62. The molecule has 0 unspecified atom stereocenters. The minimum Gasteiger partial charge on any atom is -0.342 e. The fraction of sp³-hybridized carbons (Fsp3) is 0.294. The maximum Gasteiger partial charge on any atom is 0.416 e. The second kappa shape index (κ2) is 7.60. The van der Waals surface area contributed by atoms with Gasteiger partial charge in [0.15, 0.2) is 0 Å². The summed E-state index contributed by atoms with van der Waals surface area (Å²) in [7, 11) is 0. The molecule has 7 nitrogen and oxygen atoms in total. The van der Waals surface area contributed by atoms with Crippen LogP contribution in [0.2, 0.25) is 0 Å². The molecule has 1 saturated heterocycles. The van der Waals surface area contributed by atoms with E-state index >= 15 is 0 Å². The summed E-state index contributed by atoms with van der Waals surface area (Å²) in [6.07, 6.45) is -1.14. The Morgan fingerprint density at radius 1 is 1.11 bits per heavy atom. The number of piperazine rings is 1. The van der Waals surface area contributed by atoms with Crippen LogP contribution in [0.15, 0.2) is 36.7 Å². The van der Waals surface area contributed by atoms with Crippen LogP contribution in [0.5, 0.6) is 0 Å². The molecule has 10 heteroatoms. The molecule has 0 spiro atoms. The van der Waals surface area contributed by atoms with Crippen LogP contribution in [0.25, 0.3) is 0 Å². The Morgan fingerprint density at radius 2 is 1.85 bits per heavy atom. The largest absolute Gasteiger partial charge is 0.416 e. The van der Waals surface area contributed by atoms with Crippen LogP contribution in [-0.2, 0) is 11.0 Å². The van der Waals surface area contributed by atoms with Crippen LogP contribution in [0.1, 0.15) is 16.1 Å². The molecule has 3 rings (SSSR count). The summed E-state index contributed by atoms with van der Waals surface area (Å²) in [6, 6.07) is 4.70. The highest BCUT2D eigenvalue weighted by Gasteiger charge is 2.30. The van der Waals surface area contributed by atoms with Crippen LogP contribution in [-0.4, -0.2) is 58.3 Å². The Kier molecular flexibility index (Phi) is 5.24. The summed E-state index contributed by atoms with van der Waals surface area (Å²) in [4.78, 5) is 34.3. The Morgan fingerprint density at radius 3 is 2.44 bits per heavy atom. The quantitative estimate of drug-likeness (QED) is 0.824. The number of benzene rings is 1. The predicted octanol–water partition coefficient (Wildman–Crippen LogP) is 2.15. The second-order valence-electron chi connectivity index (χ2n) is 5.92. The van der Waals surface area contributed by atoms with Crippen molar-refractivity contribution in [2.45, 2.75) is 6.18 Å². The van der Waals surface area contributed by atoms with Gasteiger partial charge in [0.25, 0.3) is 5.91 Å². The molecule has 0 bridgehead atoms. The number of carbonyl (C=O) groups is 2. The highest BCUT2D eigenvalue weighted by atomic mass is 19.4. The average Bonchev–Trinajstić information content (AvgIpc) is 2.68. The molecule has 2 heterocycles. The monoisotopic (exact) mass is 379 g/mol. The number of halogens is 3. The second-order valence-corrected chi connectivity index (χ2v) is 5.92. The first-order valence-electron chi connectivity index (χ1n) is 8.12. The van der Waals surface area contributed by atoms with E-state index in [0.29, 0.717) is 26.2 Å². The van der Waals surface area contributed by atoms with Crippen molar-refractivity contribution in [1.82, 2.24) is 19.8 Å². The highest BCUT2D eigenvalue weighted by Crippen LogP contribution is 2.31. The van der Waals surface area contributed by atoms with Gasteiger partial charge in [-0.2, -0.15) is 13.2 Å². The number of hydrogen-bond donors (Lipinski definition) is 1. The van der Waals surface area contributed by atoms with E-state index < -0.39 is 11.7 Å². The van der Waals surface area contributed by atoms with Gasteiger partial charge in [-0.3, -0.25) is 9.59 Å². The zero-order valence-corrected chi connectivity index (χ0v) is 14.1. The predicted molar refractivity (Wildman–Crippen MR) is 90.3 cm³/mol. The van der Waals surface area contributed by atoms with Crippen LogP contribution in [0.4, 0.5) is 24.7 Å². The molecule has 27 heavy (non-hydrogen) atoms. The van der Waals surface area contributed by atoms with E-state index in [2.05, 4.69) is 15.3 Å². The van der Waals surface area contributed by atoms with E-state index in [4.69, 9.17) is 0 Å². The van der Waals surface area contributed by atoms with Crippen molar-refractivity contribution in [3.05, 3.63) is 47.9 Å². The number of nitrogens with zero attached hydrogens (tertiary/aromatic N) is 4. The maximum absolute atomic E-state index is 12.8. The van der Waals surface area contributed by atoms with Gasteiger partial charge in [0.1, 0.15) is 11.5 Å². The van der Waals surface area contributed by atoms with Gasteiger partial charge in [0, 0.05) is 31.9 Å². The van der Waals surface area contributed by atoms with Gasteiger partial charge in [0.2, 0.25) is 6.41 Å². The Hall–Kier alpha value is -3.17. The lowest BCUT2D eigenvalue weighted by Gasteiger charge is -2.32. The first-order valence-corrected chi connectivity index (χ1v) is 8.12. The van der Waals surface area contributed by atoms with E-state index in [1.165, 1.54) is 24.5 Å². The first-order chi connectivity index (χ1) is 12.9. The lowest BCUT2D eigenvalue weighted by atomic mass is 10.2. The summed E-state index contributed by atoms with van der Waals surface area (Å²) in [6.45, 7) is 1.72. The Balaban J connectivity index is 1.65. The Labute approximate surface area is 152 Å². The van der Waals surface area contributed by atoms with Gasteiger partial charge in [0.05, 0.1) is 18.0 Å². The standard InChI is InChI=1S/C17H16F3N5O2/c18-17(19,20)12-2-1-3-13(8-12)23-15-10-21-14(9-22-15)16(27)25-6-4-24(11-26)5-7-25/h1-3,8-11H,4-7H2,(H,22,23). The van der Waals surface area contributed by atoms with Gasteiger partial charge in [-0.25, -0.2) is 9.97 Å². The number of aromatic nitrogens is 2. The van der Waals surface area contributed by atoms with Crippen LogP contribution < -0.4 is 5.32 Å². The summed E-state index contributed by atoms with van der Waals surface area (Å²) in [5.74, 6) is -0.0877. The van der Waals surface area contributed by atoms with Crippen molar-refractivity contribution in [3.8, 4) is 0 Å². The fourth-order valence-electron chi connectivity index (χ4n) is 2.62. The third-order valence-electron chi connectivity index (χ3n) is 4.08. The minimum absolute atomic E-state index is 0.129. The lowest BCUT2D eigenvalue weighted by Crippen LogP contribution is -2.48. The third kappa shape index (κ3) is 4.52. The first kappa shape index (κ1) is 18.6. The van der Waals surface area contributed by atoms with Gasteiger partial charge in [-0.05, 0) is 18.2 Å². The zero-order valence-electron chi connectivity index (χ0n) is 14.1. The van der Waals surface area contributed by atoms with Gasteiger partial charge in [-0.1, -0.05) is 6.07 Å². The van der Waals surface area contributed by atoms with Gasteiger partial charge >= 0.3 is 6.18 Å². The number of rotatable bonds is 4. The van der Waals surface area contributed by atoms with Gasteiger partial charge < -0.3 is 15.1 Å². The maximum atomic E-state index is 12.8. The summed E-state index contributed by atoms with van der Waals surface area (Å²) in [5, 5.41) is 2.73. The minimum atomic E-state index is -4.44. The molecule has 1 N–H and O–H groups in total. The number of carbonyl (C=O) groups excluding carboxylic acids is 2. The molecule has 1 aromatic carbocycles. The molecule has 0 atom stereocenters. The van der Waals surface area contributed by atoms with E-state index in [-0.39, 0.29) is 23.1 Å². The van der Waals surface area contributed by atoms with Crippen molar-refractivity contribution in [2.24, 2.45) is 0 Å². The van der Waals surface area contributed by atoms with Crippen LogP contribution >= 0.6 is 0 Å². The molecule has 2 aromatic rings. The van der Waals surface area contributed by atoms with Crippen molar-refractivity contribution in [2.75, 3.05) is 31.5 Å². The number of anilines is 2.